The lowest BCUT2D eigenvalue weighted by Crippen LogP contribution is -2.03. The highest BCUT2D eigenvalue weighted by Crippen LogP contribution is 2.23. The Morgan fingerprint density at radius 3 is 2.67 bits per heavy atom. The predicted octanol–water partition coefficient (Wildman–Crippen LogP) is 4.08. The smallest absolute Gasteiger partial charge is 0.305 e. The Morgan fingerprint density at radius 1 is 1.33 bits per heavy atom. The summed E-state index contributed by atoms with van der Waals surface area (Å²) >= 11 is 0. The van der Waals surface area contributed by atoms with E-state index in [-0.39, 0.29) is 5.97 Å². The van der Waals surface area contributed by atoms with Gasteiger partial charge in [-0.3, -0.25) is 4.79 Å². The van der Waals surface area contributed by atoms with Crippen LogP contribution < -0.4 is 0 Å². The molecular weight excluding hydrogens is 224 g/mol. The molecule has 0 aliphatic heterocycles. The van der Waals surface area contributed by atoms with Crippen LogP contribution in [0, 0.1) is 0 Å². The number of carbonyl (C=O) groups excluding carboxylic acids is 1. The van der Waals surface area contributed by atoms with E-state index in [1.54, 1.807) is 0 Å². The molecule has 0 radical (unpaired) electrons. The maximum absolute atomic E-state index is 11.2. The third-order valence-electron chi connectivity index (χ3n) is 2.96. The molecule has 0 aliphatic carbocycles. The van der Waals surface area contributed by atoms with E-state index in [2.05, 4.69) is 18.7 Å². The first-order valence-corrected chi connectivity index (χ1v) is 6.61. The number of hydrogen-bond acceptors (Lipinski definition) is 2. The lowest BCUT2D eigenvalue weighted by Gasteiger charge is -2.12. The van der Waals surface area contributed by atoms with Crippen LogP contribution in [0.15, 0.2) is 43.0 Å². The monoisotopic (exact) mass is 246 g/mol. The fourth-order valence-corrected chi connectivity index (χ4v) is 1.99. The molecule has 1 aromatic carbocycles. The first-order valence-electron chi connectivity index (χ1n) is 6.61. The van der Waals surface area contributed by atoms with Gasteiger partial charge in [0.25, 0.3) is 0 Å². The van der Waals surface area contributed by atoms with Gasteiger partial charge in [-0.1, -0.05) is 42.8 Å². The number of ether oxygens (including phenoxy) is 1. The predicted molar refractivity (Wildman–Crippen MR) is 74.5 cm³/mol. The Kier molecular flexibility index (Phi) is 6.85. The molecule has 2 heteroatoms. The van der Waals surface area contributed by atoms with Gasteiger partial charge in [-0.15, -0.1) is 6.58 Å². The Morgan fingerprint density at radius 2 is 2.06 bits per heavy atom. The highest BCUT2D eigenvalue weighted by molar-refractivity contribution is 5.69. The summed E-state index contributed by atoms with van der Waals surface area (Å²) in [7, 11) is 0. The van der Waals surface area contributed by atoms with Crippen molar-refractivity contribution in [3.05, 3.63) is 48.6 Å². The lowest BCUT2D eigenvalue weighted by molar-refractivity contribution is -0.143. The van der Waals surface area contributed by atoms with Crippen LogP contribution in [-0.2, 0) is 9.53 Å². The van der Waals surface area contributed by atoms with Gasteiger partial charge in [0.2, 0.25) is 0 Å². The topological polar surface area (TPSA) is 26.3 Å². The largest absolute Gasteiger partial charge is 0.466 e. The second-order valence-corrected chi connectivity index (χ2v) is 4.30. The van der Waals surface area contributed by atoms with E-state index in [0.717, 1.165) is 19.3 Å². The quantitative estimate of drug-likeness (QED) is 0.392. The third kappa shape index (κ3) is 5.17. The maximum Gasteiger partial charge on any atom is 0.305 e. The average molecular weight is 246 g/mol. The van der Waals surface area contributed by atoms with Crippen LogP contribution in [0.4, 0.5) is 0 Å². The fraction of sp³-hybridized carbons (Fsp3) is 0.438. The number of hydrogen-bond donors (Lipinski definition) is 0. The van der Waals surface area contributed by atoms with Gasteiger partial charge in [0, 0.05) is 12.3 Å². The summed E-state index contributed by atoms with van der Waals surface area (Å²) in [6.07, 6.45) is 5.44. The van der Waals surface area contributed by atoms with Crippen molar-refractivity contribution in [2.45, 2.75) is 38.5 Å². The minimum atomic E-state index is -0.0904. The molecule has 0 fully saturated rings. The average Bonchev–Trinajstić information content (AvgIpc) is 2.40. The van der Waals surface area contributed by atoms with E-state index >= 15 is 0 Å². The number of unbranched alkanes of at least 4 members (excludes halogenated alkanes) is 1. The third-order valence-corrected chi connectivity index (χ3v) is 2.96. The van der Waals surface area contributed by atoms with E-state index < -0.39 is 0 Å². The van der Waals surface area contributed by atoms with Crippen molar-refractivity contribution in [1.29, 1.82) is 0 Å². The summed E-state index contributed by atoms with van der Waals surface area (Å²) in [5.41, 5.74) is 1.30. The number of allylic oxidation sites excluding steroid dienone is 1. The Balaban J connectivity index is 2.29. The van der Waals surface area contributed by atoms with Crippen LogP contribution in [0.2, 0.25) is 0 Å². The second kappa shape index (κ2) is 8.51. The summed E-state index contributed by atoms with van der Waals surface area (Å²) in [6, 6.07) is 10.4. The van der Waals surface area contributed by atoms with Gasteiger partial charge in [-0.2, -0.15) is 0 Å². The Bertz CT molecular complexity index is 357. The van der Waals surface area contributed by atoms with Crippen LogP contribution >= 0.6 is 0 Å². The van der Waals surface area contributed by atoms with Gasteiger partial charge in [-0.05, 0) is 25.3 Å². The van der Waals surface area contributed by atoms with Crippen molar-refractivity contribution >= 4 is 5.97 Å². The maximum atomic E-state index is 11.2. The van der Waals surface area contributed by atoms with E-state index in [0.29, 0.717) is 18.9 Å². The molecule has 0 saturated carbocycles. The standard InChI is InChI=1S/C16H22O2/c1-3-14(15-11-6-5-7-12-15)10-8-9-13-16(17)18-4-2/h3,5-7,11-12,14H,1,4,8-10,13H2,2H3. The van der Waals surface area contributed by atoms with Gasteiger partial charge in [0.05, 0.1) is 6.61 Å². The van der Waals surface area contributed by atoms with E-state index in [4.69, 9.17) is 4.74 Å². The van der Waals surface area contributed by atoms with Crippen LogP contribution in [0.25, 0.3) is 0 Å². The Labute approximate surface area is 110 Å². The molecule has 18 heavy (non-hydrogen) atoms. The first kappa shape index (κ1) is 14.5. The van der Waals surface area contributed by atoms with Crippen molar-refractivity contribution < 1.29 is 9.53 Å². The van der Waals surface area contributed by atoms with Crippen molar-refractivity contribution in [3.8, 4) is 0 Å². The highest BCUT2D eigenvalue weighted by atomic mass is 16.5. The molecule has 0 amide bonds. The molecule has 1 atom stereocenters. The molecule has 1 unspecified atom stereocenters. The molecule has 0 aromatic heterocycles. The Hall–Kier alpha value is -1.57. The normalized spacial score (nSPS) is 11.8. The zero-order chi connectivity index (χ0) is 13.2. The minimum absolute atomic E-state index is 0.0904. The van der Waals surface area contributed by atoms with Crippen molar-refractivity contribution in [2.24, 2.45) is 0 Å². The van der Waals surface area contributed by atoms with E-state index in [1.165, 1.54) is 5.56 Å². The molecule has 0 aliphatic rings. The highest BCUT2D eigenvalue weighted by Gasteiger charge is 2.07. The SMILES string of the molecule is C=CC(CCCCC(=O)OCC)c1ccccc1. The summed E-state index contributed by atoms with van der Waals surface area (Å²) in [5.74, 6) is 0.292. The second-order valence-electron chi connectivity index (χ2n) is 4.30. The number of rotatable bonds is 8. The molecule has 0 N–H and O–H groups in total. The van der Waals surface area contributed by atoms with Gasteiger partial charge < -0.3 is 4.74 Å². The molecule has 0 saturated heterocycles. The van der Waals surface area contributed by atoms with Crippen molar-refractivity contribution in [3.63, 3.8) is 0 Å². The van der Waals surface area contributed by atoms with E-state index in [9.17, 15) is 4.79 Å². The number of benzene rings is 1. The summed E-state index contributed by atoms with van der Waals surface area (Å²) in [4.78, 5) is 11.2. The zero-order valence-electron chi connectivity index (χ0n) is 11.1. The molecule has 1 rings (SSSR count). The van der Waals surface area contributed by atoms with E-state index in [1.807, 2.05) is 31.2 Å². The number of carbonyl (C=O) groups is 1. The van der Waals surface area contributed by atoms with Crippen molar-refractivity contribution in [1.82, 2.24) is 0 Å². The summed E-state index contributed by atoms with van der Waals surface area (Å²) in [6.45, 7) is 6.19. The van der Waals surface area contributed by atoms with Gasteiger partial charge in [0.1, 0.15) is 0 Å². The van der Waals surface area contributed by atoms with Crippen LogP contribution in [-0.4, -0.2) is 12.6 Å². The molecule has 2 nitrogen and oxygen atoms in total. The van der Waals surface area contributed by atoms with Crippen molar-refractivity contribution in [2.75, 3.05) is 6.61 Å². The van der Waals surface area contributed by atoms with Gasteiger partial charge in [-0.25, -0.2) is 0 Å². The van der Waals surface area contributed by atoms with Gasteiger partial charge >= 0.3 is 5.97 Å². The fourth-order valence-electron chi connectivity index (χ4n) is 1.99. The molecule has 0 spiro atoms. The molecule has 0 bridgehead atoms. The van der Waals surface area contributed by atoms with Crippen LogP contribution in [0.3, 0.4) is 0 Å². The molecule has 98 valence electrons. The first-order chi connectivity index (χ1) is 8.77. The molecular formula is C16H22O2. The van der Waals surface area contributed by atoms with Crippen LogP contribution in [0.1, 0.15) is 44.1 Å². The number of esters is 1. The summed E-state index contributed by atoms with van der Waals surface area (Å²) < 4.78 is 4.90. The zero-order valence-corrected chi connectivity index (χ0v) is 11.1. The van der Waals surface area contributed by atoms with Crippen LogP contribution in [0.5, 0.6) is 0 Å². The summed E-state index contributed by atoms with van der Waals surface area (Å²) in [5, 5.41) is 0. The minimum Gasteiger partial charge on any atom is -0.466 e. The molecule has 1 aromatic rings. The molecule has 0 heterocycles. The van der Waals surface area contributed by atoms with Gasteiger partial charge in [0.15, 0.2) is 0 Å². The lowest BCUT2D eigenvalue weighted by atomic mass is 9.93.